The van der Waals surface area contributed by atoms with E-state index in [4.69, 9.17) is 4.84 Å². The van der Waals surface area contributed by atoms with Crippen LogP contribution in [0.4, 0.5) is 5.69 Å². The van der Waals surface area contributed by atoms with E-state index in [2.05, 4.69) is 12.4 Å². The fraction of sp³-hybridized carbons (Fsp3) is 0.462. The van der Waals surface area contributed by atoms with Gasteiger partial charge in [-0.15, -0.1) is 0 Å². The fourth-order valence-electron chi connectivity index (χ4n) is 1.37. The zero-order valence-electron chi connectivity index (χ0n) is 9.95. The van der Waals surface area contributed by atoms with E-state index in [9.17, 15) is 4.79 Å². The van der Waals surface area contributed by atoms with Crippen molar-refractivity contribution in [2.24, 2.45) is 0 Å². The van der Waals surface area contributed by atoms with Gasteiger partial charge in [0.15, 0.2) is 0 Å². The molecule has 3 heteroatoms. The lowest BCUT2D eigenvalue weighted by atomic mass is 10.2. The molecule has 3 nitrogen and oxygen atoms in total. The summed E-state index contributed by atoms with van der Waals surface area (Å²) < 4.78 is 0. The Morgan fingerprint density at radius 1 is 1.31 bits per heavy atom. The molecule has 1 aromatic carbocycles. The Balaban J connectivity index is 2.29. The summed E-state index contributed by atoms with van der Waals surface area (Å²) in [5.74, 6) is -0.197. The molecule has 0 bridgehead atoms. The summed E-state index contributed by atoms with van der Waals surface area (Å²) in [5.41, 5.74) is 4.59. The monoisotopic (exact) mass is 221 g/mol. The number of carbonyl (C=O) groups is 1. The highest BCUT2D eigenvalue weighted by Crippen LogP contribution is 2.13. The van der Waals surface area contributed by atoms with E-state index in [1.165, 1.54) is 0 Å². The molecule has 0 radical (unpaired) electrons. The van der Waals surface area contributed by atoms with Gasteiger partial charge in [-0.2, -0.15) is 0 Å². The van der Waals surface area contributed by atoms with E-state index in [1.54, 1.807) is 0 Å². The Hall–Kier alpha value is -1.51. The predicted molar refractivity (Wildman–Crippen MR) is 65.0 cm³/mol. The van der Waals surface area contributed by atoms with Crippen molar-refractivity contribution in [3.8, 4) is 0 Å². The van der Waals surface area contributed by atoms with Crippen molar-refractivity contribution in [2.75, 3.05) is 5.48 Å². The van der Waals surface area contributed by atoms with Crippen LogP contribution in [0, 0.1) is 6.92 Å². The van der Waals surface area contributed by atoms with Gasteiger partial charge in [-0.3, -0.25) is 0 Å². The van der Waals surface area contributed by atoms with Gasteiger partial charge >= 0.3 is 5.97 Å². The Kier molecular flexibility index (Phi) is 5.40. The second-order valence-corrected chi connectivity index (χ2v) is 3.85. The molecule has 0 aromatic heterocycles. The maximum absolute atomic E-state index is 11.3. The molecule has 0 aliphatic heterocycles. The molecule has 0 fully saturated rings. The van der Waals surface area contributed by atoms with Gasteiger partial charge in [0.25, 0.3) is 0 Å². The number of nitrogens with one attached hydrogen (secondary N) is 1. The zero-order valence-corrected chi connectivity index (χ0v) is 9.95. The third-order valence-corrected chi connectivity index (χ3v) is 2.40. The molecule has 0 saturated heterocycles. The molecule has 0 saturated carbocycles. The maximum Gasteiger partial charge on any atom is 0.332 e. The van der Waals surface area contributed by atoms with E-state index in [1.807, 2.05) is 31.2 Å². The van der Waals surface area contributed by atoms with Crippen molar-refractivity contribution in [3.63, 3.8) is 0 Å². The molecule has 0 unspecified atom stereocenters. The van der Waals surface area contributed by atoms with Gasteiger partial charge in [0.1, 0.15) is 0 Å². The predicted octanol–water partition coefficient (Wildman–Crippen LogP) is 3.45. The van der Waals surface area contributed by atoms with Crippen LogP contribution in [0.25, 0.3) is 0 Å². The lowest BCUT2D eigenvalue weighted by Gasteiger charge is -2.08. The van der Waals surface area contributed by atoms with Gasteiger partial charge in [0.2, 0.25) is 0 Å². The topological polar surface area (TPSA) is 38.3 Å². The number of para-hydroxylation sites is 1. The standard InChI is InChI=1S/C13H19NO2/c1-3-4-5-10-13(15)16-14-12-9-7-6-8-11(12)2/h6-9,14H,3-5,10H2,1-2H3. The van der Waals surface area contributed by atoms with Crippen LogP contribution in [0.15, 0.2) is 24.3 Å². The second kappa shape index (κ2) is 6.88. The van der Waals surface area contributed by atoms with Crippen molar-refractivity contribution in [1.29, 1.82) is 0 Å². The first-order chi connectivity index (χ1) is 7.74. The Morgan fingerprint density at radius 2 is 2.06 bits per heavy atom. The van der Waals surface area contributed by atoms with Crippen LogP contribution < -0.4 is 5.48 Å². The van der Waals surface area contributed by atoms with Crippen LogP contribution in [0.3, 0.4) is 0 Å². The molecule has 88 valence electrons. The number of anilines is 1. The minimum atomic E-state index is -0.197. The summed E-state index contributed by atoms with van der Waals surface area (Å²) in [6, 6.07) is 7.70. The molecule has 1 N–H and O–H groups in total. The Labute approximate surface area is 96.8 Å². The number of benzene rings is 1. The van der Waals surface area contributed by atoms with Gasteiger partial charge < -0.3 is 4.84 Å². The van der Waals surface area contributed by atoms with E-state index < -0.39 is 0 Å². The minimum Gasteiger partial charge on any atom is -0.343 e. The first-order valence-electron chi connectivity index (χ1n) is 5.75. The van der Waals surface area contributed by atoms with Crippen molar-refractivity contribution >= 4 is 11.7 Å². The molecule has 0 spiro atoms. The first-order valence-corrected chi connectivity index (χ1v) is 5.75. The number of hydrogen-bond acceptors (Lipinski definition) is 3. The summed E-state index contributed by atoms with van der Waals surface area (Å²) in [5, 5.41) is 0. The smallest absolute Gasteiger partial charge is 0.332 e. The normalized spacial score (nSPS) is 9.88. The number of hydrogen-bond donors (Lipinski definition) is 1. The van der Waals surface area contributed by atoms with Crippen molar-refractivity contribution in [3.05, 3.63) is 29.8 Å². The molecule has 0 heterocycles. The molecule has 1 rings (SSSR count). The van der Waals surface area contributed by atoms with Crippen LogP contribution in [-0.4, -0.2) is 5.97 Å². The molecule has 0 aliphatic carbocycles. The molecule has 1 aromatic rings. The number of rotatable bonds is 6. The summed E-state index contributed by atoms with van der Waals surface area (Å²) in [6.45, 7) is 4.07. The maximum atomic E-state index is 11.3. The van der Waals surface area contributed by atoms with Crippen molar-refractivity contribution in [1.82, 2.24) is 0 Å². The Bertz CT molecular complexity index is 336. The summed E-state index contributed by atoms with van der Waals surface area (Å²) >= 11 is 0. The van der Waals surface area contributed by atoms with Crippen LogP contribution in [0.5, 0.6) is 0 Å². The summed E-state index contributed by atoms with van der Waals surface area (Å²) in [4.78, 5) is 16.3. The largest absolute Gasteiger partial charge is 0.343 e. The van der Waals surface area contributed by atoms with E-state index >= 15 is 0 Å². The van der Waals surface area contributed by atoms with Crippen LogP contribution in [0.2, 0.25) is 0 Å². The highest BCUT2D eigenvalue weighted by atomic mass is 16.7. The summed E-state index contributed by atoms with van der Waals surface area (Å²) in [6.07, 6.45) is 3.55. The van der Waals surface area contributed by atoms with Gasteiger partial charge in [-0.25, -0.2) is 10.3 Å². The SMILES string of the molecule is CCCCCC(=O)ONc1ccccc1C. The molecular weight excluding hydrogens is 202 g/mol. The number of aryl methyl sites for hydroxylation is 1. The molecule has 0 amide bonds. The van der Waals surface area contributed by atoms with Gasteiger partial charge in [0.05, 0.1) is 5.69 Å². The van der Waals surface area contributed by atoms with Gasteiger partial charge in [-0.1, -0.05) is 38.0 Å². The zero-order chi connectivity index (χ0) is 11.8. The van der Waals surface area contributed by atoms with E-state index in [-0.39, 0.29) is 5.97 Å². The summed E-state index contributed by atoms with van der Waals surface area (Å²) in [7, 11) is 0. The molecule has 0 atom stereocenters. The number of carbonyl (C=O) groups excluding carboxylic acids is 1. The van der Waals surface area contributed by atoms with Crippen LogP contribution in [0.1, 0.15) is 38.2 Å². The highest BCUT2D eigenvalue weighted by molar-refractivity contribution is 5.70. The average Bonchev–Trinajstić information content (AvgIpc) is 2.28. The second-order valence-electron chi connectivity index (χ2n) is 3.85. The first kappa shape index (κ1) is 12.6. The highest BCUT2D eigenvalue weighted by Gasteiger charge is 2.03. The van der Waals surface area contributed by atoms with Crippen molar-refractivity contribution in [2.45, 2.75) is 39.5 Å². The minimum absolute atomic E-state index is 0.197. The lowest BCUT2D eigenvalue weighted by molar-refractivity contribution is -0.140. The fourth-order valence-corrected chi connectivity index (χ4v) is 1.37. The third-order valence-electron chi connectivity index (χ3n) is 2.40. The average molecular weight is 221 g/mol. The molecule has 16 heavy (non-hydrogen) atoms. The molecular formula is C13H19NO2. The van der Waals surface area contributed by atoms with Crippen molar-refractivity contribution < 1.29 is 9.63 Å². The quantitative estimate of drug-likeness (QED) is 0.590. The number of unbranched alkanes of at least 4 members (excludes halogenated alkanes) is 2. The van der Waals surface area contributed by atoms with Gasteiger partial charge in [0, 0.05) is 6.42 Å². The van der Waals surface area contributed by atoms with Crippen LogP contribution in [-0.2, 0) is 9.63 Å². The lowest BCUT2D eigenvalue weighted by Crippen LogP contribution is -2.10. The van der Waals surface area contributed by atoms with Crippen LogP contribution >= 0.6 is 0 Å². The van der Waals surface area contributed by atoms with E-state index in [0.29, 0.717) is 6.42 Å². The molecule has 0 aliphatic rings. The third kappa shape index (κ3) is 4.34. The van der Waals surface area contributed by atoms with E-state index in [0.717, 1.165) is 30.5 Å². The van der Waals surface area contributed by atoms with Gasteiger partial charge in [-0.05, 0) is 25.0 Å². The Morgan fingerprint density at radius 3 is 2.75 bits per heavy atom.